The molecule has 3 heterocycles. The van der Waals surface area contributed by atoms with Crippen molar-refractivity contribution in [3.8, 4) is 0 Å². The summed E-state index contributed by atoms with van der Waals surface area (Å²) >= 11 is 0. The number of carbonyl (C=O) groups excluding carboxylic acids is 1. The maximum absolute atomic E-state index is 13.7. The molecule has 0 spiro atoms. The van der Waals surface area contributed by atoms with Crippen LogP contribution in [0.25, 0.3) is 11.6 Å². The van der Waals surface area contributed by atoms with Crippen LogP contribution in [0.3, 0.4) is 0 Å². The molecule has 1 fully saturated rings. The Hall–Kier alpha value is -2.69. The third-order valence-corrected chi connectivity index (χ3v) is 7.61. The number of hydrogen-bond donors (Lipinski definition) is 3. The Labute approximate surface area is 193 Å². The van der Waals surface area contributed by atoms with Crippen LogP contribution in [0.1, 0.15) is 29.4 Å². The lowest BCUT2D eigenvalue weighted by Crippen LogP contribution is -2.47. The third kappa shape index (κ3) is 5.13. The van der Waals surface area contributed by atoms with Crippen molar-refractivity contribution in [1.29, 1.82) is 0 Å². The minimum absolute atomic E-state index is 0.00860. The normalized spacial score (nSPS) is 18.5. The lowest BCUT2D eigenvalue weighted by Gasteiger charge is -2.33. The van der Waals surface area contributed by atoms with Gasteiger partial charge in [-0.3, -0.25) is 14.4 Å². The largest absolute Gasteiger partial charge is 0.357 e. The van der Waals surface area contributed by atoms with Crippen LogP contribution in [-0.2, 0) is 14.8 Å². The molecule has 2 aliphatic heterocycles. The maximum Gasteiger partial charge on any atom is 0.256 e. The molecule has 0 radical (unpaired) electrons. The summed E-state index contributed by atoms with van der Waals surface area (Å²) in [7, 11) is -3.55. The van der Waals surface area contributed by atoms with Crippen molar-refractivity contribution >= 4 is 39.0 Å². The lowest BCUT2D eigenvalue weighted by atomic mass is 10.0. The molecule has 1 aromatic heterocycles. The van der Waals surface area contributed by atoms with E-state index in [-0.39, 0.29) is 11.7 Å². The van der Waals surface area contributed by atoms with E-state index < -0.39 is 15.8 Å². The standard InChI is InChI=1S/C23H30FN5O3S/c1-4-28-7-9-29(10-8-28)11-12-33(31,32)27-22-15(2)21(25-16(22)3)14-19-18-13-17(24)5-6-20(18)26-23(19)30/h5-6,13-14,25,27H,4,7-12H2,1-3H3,(H,26,30)/b19-14-. The van der Waals surface area contributed by atoms with Gasteiger partial charge >= 0.3 is 0 Å². The van der Waals surface area contributed by atoms with Gasteiger partial charge in [0.05, 0.1) is 17.0 Å². The first-order chi connectivity index (χ1) is 15.7. The van der Waals surface area contributed by atoms with Crippen molar-refractivity contribution in [2.24, 2.45) is 0 Å². The molecule has 8 nitrogen and oxygen atoms in total. The van der Waals surface area contributed by atoms with E-state index in [2.05, 4.69) is 31.7 Å². The van der Waals surface area contributed by atoms with E-state index in [1.54, 1.807) is 19.9 Å². The molecule has 10 heteroatoms. The van der Waals surface area contributed by atoms with Gasteiger partial charge in [0.25, 0.3) is 5.91 Å². The Morgan fingerprint density at radius 1 is 1.15 bits per heavy atom. The van der Waals surface area contributed by atoms with E-state index in [0.717, 1.165) is 32.7 Å². The van der Waals surface area contributed by atoms with E-state index in [9.17, 15) is 17.6 Å². The Balaban J connectivity index is 1.49. The molecule has 1 saturated heterocycles. The summed E-state index contributed by atoms with van der Waals surface area (Å²) in [6, 6.07) is 4.13. The van der Waals surface area contributed by atoms with Crippen molar-refractivity contribution in [2.45, 2.75) is 20.8 Å². The molecule has 0 bridgehead atoms. The fourth-order valence-electron chi connectivity index (χ4n) is 4.30. The number of anilines is 2. The van der Waals surface area contributed by atoms with Gasteiger partial charge in [-0.05, 0) is 50.2 Å². The second-order valence-corrected chi connectivity index (χ2v) is 10.4. The quantitative estimate of drug-likeness (QED) is 0.535. The molecule has 3 N–H and O–H groups in total. The predicted octanol–water partition coefficient (Wildman–Crippen LogP) is 2.64. The summed E-state index contributed by atoms with van der Waals surface area (Å²) in [5.74, 6) is -0.748. The van der Waals surface area contributed by atoms with Gasteiger partial charge in [0, 0.05) is 55.4 Å². The fourth-order valence-corrected chi connectivity index (χ4v) is 5.52. The van der Waals surface area contributed by atoms with Gasteiger partial charge in [-0.15, -0.1) is 0 Å². The number of carbonyl (C=O) groups is 1. The summed E-state index contributed by atoms with van der Waals surface area (Å²) in [5.41, 5.74) is 3.77. The molecular formula is C23H30FN5O3S. The minimum Gasteiger partial charge on any atom is -0.357 e. The number of aromatic amines is 1. The highest BCUT2D eigenvalue weighted by Gasteiger charge is 2.26. The van der Waals surface area contributed by atoms with Crippen LogP contribution in [0.5, 0.6) is 0 Å². The van der Waals surface area contributed by atoms with E-state index >= 15 is 0 Å². The monoisotopic (exact) mass is 475 g/mol. The lowest BCUT2D eigenvalue weighted by molar-refractivity contribution is -0.110. The number of H-pyrrole nitrogens is 1. The number of likely N-dealkylation sites (N-methyl/N-ethyl adjacent to an activating group) is 1. The Kier molecular flexibility index (Phi) is 6.60. The number of amides is 1. The van der Waals surface area contributed by atoms with Gasteiger partial charge < -0.3 is 15.2 Å². The molecule has 178 valence electrons. The number of rotatable bonds is 7. The molecule has 1 aromatic carbocycles. The Morgan fingerprint density at radius 2 is 1.85 bits per heavy atom. The first kappa shape index (κ1) is 23.5. The summed E-state index contributed by atoms with van der Waals surface area (Å²) in [5, 5.41) is 2.72. The van der Waals surface area contributed by atoms with Crippen molar-refractivity contribution in [2.75, 3.05) is 55.1 Å². The SMILES string of the molecule is CCN1CCN(CCS(=O)(=O)Nc2c(C)[nH]c(/C=C3\C(=O)Nc4ccc(F)cc43)c2C)CC1. The topological polar surface area (TPSA) is 97.5 Å². The van der Waals surface area contributed by atoms with E-state index in [1.807, 2.05) is 0 Å². The molecule has 0 atom stereocenters. The smallest absolute Gasteiger partial charge is 0.256 e. The van der Waals surface area contributed by atoms with Gasteiger partial charge in [0.2, 0.25) is 10.0 Å². The summed E-state index contributed by atoms with van der Waals surface area (Å²) in [6.07, 6.45) is 1.63. The minimum atomic E-state index is -3.55. The number of nitrogens with one attached hydrogen (secondary N) is 3. The molecule has 0 saturated carbocycles. The molecule has 1 amide bonds. The zero-order valence-corrected chi connectivity index (χ0v) is 20.0. The van der Waals surface area contributed by atoms with Crippen molar-refractivity contribution in [3.05, 3.63) is 46.5 Å². The number of sulfonamides is 1. The van der Waals surface area contributed by atoms with E-state index in [1.165, 1.54) is 18.2 Å². The fraction of sp³-hybridized carbons (Fsp3) is 0.435. The third-order valence-electron chi connectivity index (χ3n) is 6.38. The summed E-state index contributed by atoms with van der Waals surface area (Å²) in [6.45, 7) is 10.8. The number of fused-ring (bicyclic) bond motifs is 1. The highest BCUT2D eigenvalue weighted by molar-refractivity contribution is 7.92. The molecule has 2 aromatic rings. The van der Waals surface area contributed by atoms with Crippen LogP contribution < -0.4 is 10.0 Å². The van der Waals surface area contributed by atoms with Crippen molar-refractivity contribution in [1.82, 2.24) is 14.8 Å². The van der Waals surface area contributed by atoms with Crippen LogP contribution in [0.15, 0.2) is 18.2 Å². The highest BCUT2D eigenvalue weighted by Crippen LogP contribution is 2.35. The molecular weight excluding hydrogens is 445 g/mol. The van der Waals surface area contributed by atoms with Crippen LogP contribution >= 0.6 is 0 Å². The van der Waals surface area contributed by atoms with Gasteiger partial charge in [-0.1, -0.05) is 6.92 Å². The van der Waals surface area contributed by atoms with Crippen molar-refractivity contribution in [3.63, 3.8) is 0 Å². The highest BCUT2D eigenvalue weighted by atomic mass is 32.2. The molecule has 0 aliphatic carbocycles. The Morgan fingerprint density at radius 3 is 2.55 bits per heavy atom. The summed E-state index contributed by atoms with van der Waals surface area (Å²) in [4.78, 5) is 20.1. The van der Waals surface area contributed by atoms with Gasteiger partial charge in [-0.25, -0.2) is 12.8 Å². The van der Waals surface area contributed by atoms with E-state index in [0.29, 0.717) is 46.0 Å². The zero-order chi connectivity index (χ0) is 23.8. The maximum atomic E-state index is 13.7. The molecule has 4 rings (SSSR count). The number of hydrogen-bond acceptors (Lipinski definition) is 5. The molecule has 2 aliphatic rings. The van der Waals surface area contributed by atoms with E-state index in [4.69, 9.17) is 0 Å². The number of halogens is 1. The molecule has 0 unspecified atom stereocenters. The van der Waals surface area contributed by atoms with Gasteiger partial charge in [0.1, 0.15) is 5.82 Å². The number of aryl methyl sites for hydroxylation is 1. The van der Waals surface area contributed by atoms with Gasteiger partial charge in [-0.2, -0.15) is 0 Å². The number of piperazine rings is 1. The number of nitrogens with zero attached hydrogens (tertiary/aromatic N) is 2. The van der Waals surface area contributed by atoms with Crippen LogP contribution in [0.2, 0.25) is 0 Å². The second-order valence-electron chi connectivity index (χ2n) is 8.56. The van der Waals surface area contributed by atoms with Crippen LogP contribution in [-0.4, -0.2) is 74.1 Å². The first-order valence-corrected chi connectivity index (χ1v) is 12.8. The molecule has 33 heavy (non-hydrogen) atoms. The van der Waals surface area contributed by atoms with Gasteiger partial charge in [0.15, 0.2) is 0 Å². The average molecular weight is 476 g/mol. The zero-order valence-electron chi connectivity index (χ0n) is 19.2. The second kappa shape index (κ2) is 9.28. The van der Waals surface area contributed by atoms with Crippen molar-refractivity contribution < 1.29 is 17.6 Å². The summed E-state index contributed by atoms with van der Waals surface area (Å²) < 4.78 is 42.0. The average Bonchev–Trinajstić information content (AvgIpc) is 3.23. The van der Waals surface area contributed by atoms with Crippen LogP contribution in [0, 0.1) is 19.7 Å². The number of aromatic nitrogens is 1. The Bertz CT molecular complexity index is 1200. The van der Waals surface area contributed by atoms with Crippen LogP contribution in [0.4, 0.5) is 15.8 Å². The number of benzene rings is 1. The predicted molar refractivity (Wildman–Crippen MR) is 129 cm³/mol. The first-order valence-electron chi connectivity index (χ1n) is 11.1.